The van der Waals surface area contributed by atoms with E-state index in [0.29, 0.717) is 50.3 Å². The second kappa shape index (κ2) is 7.79. The van der Waals surface area contributed by atoms with Crippen LogP contribution in [-0.2, 0) is 26.1 Å². The van der Waals surface area contributed by atoms with Crippen LogP contribution < -0.4 is 0 Å². The number of aryl methyl sites for hydroxylation is 2. The van der Waals surface area contributed by atoms with Crippen LogP contribution in [-0.4, -0.2) is 49.8 Å². The fraction of sp³-hybridized carbons (Fsp3) is 0.550. The molecule has 0 radical (unpaired) electrons. The molecule has 1 unspecified atom stereocenters. The van der Waals surface area contributed by atoms with E-state index in [0.717, 1.165) is 18.4 Å². The van der Waals surface area contributed by atoms with Crippen molar-refractivity contribution in [3.8, 4) is 0 Å². The molecule has 1 spiro atoms. The number of aromatic nitrogens is 1. The number of hydrogen-bond acceptors (Lipinski definition) is 6. The van der Waals surface area contributed by atoms with Gasteiger partial charge in [-0.05, 0) is 50.3 Å². The highest BCUT2D eigenvalue weighted by Crippen LogP contribution is 2.42. The smallest absolute Gasteiger partial charge is 0.248 e. The molecule has 1 aromatic heterocycles. The molecule has 0 saturated carbocycles. The molecule has 0 bridgehead atoms. The Balaban J connectivity index is 1.25. The van der Waals surface area contributed by atoms with Crippen LogP contribution >= 0.6 is 0 Å². The summed E-state index contributed by atoms with van der Waals surface area (Å²) in [7, 11) is -3.61. The molecule has 4 rings (SSSR count). The minimum Gasteiger partial charge on any atom is -0.377 e. The van der Waals surface area contributed by atoms with E-state index >= 15 is 0 Å². The zero-order valence-corrected chi connectivity index (χ0v) is 17.4. The maximum absolute atomic E-state index is 13.2. The van der Waals surface area contributed by atoms with Crippen LogP contribution in [0.25, 0.3) is 0 Å². The third kappa shape index (κ3) is 4.09. The summed E-state index contributed by atoms with van der Waals surface area (Å²) in [5.74, 6) is 0.369. The van der Waals surface area contributed by atoms with Gasteiger partial charge < -0.3 is 14.0 Å². The van der Waals surface area contributed by atoms with E-state index in [-0.39, 0.29) is 10.7 Å². The van der Waals surface area contributed by atoms with E-state index in [9.17, 15) is 12.8 Å². The van der Waals surface area contributed by atoms with Gasteiger partial charge in [-0.15, -0.1) is 0 Å². The average molecular weight is 424 g/mol. The quantitative estimate of drug-likeness (QED) is 0.636. The van der Waals surface area contributed by atoms with Gasteiger partial charge in [-0.3, -0.25) is 0 Å². The maximum atomic E-state index is 13.2. The first-order chi connectivity index (χ1) is 13.8. The SMILES string of the molecule is Cc1noc(C)c1S(=O)(=O)N1CC2(CC(CCOCc3cccc(F)c3)CO2)C1. The second-order valence-electron chi connectivity index (χ2n) is 7.96. The summed E-state index contributed by atoms with van der Waals surface area (Å²) < 4.78 is 56.9. The van der Waals surface area contributed by atoms with Crippen LogP contribution in [0.4, 0.5) is 4.39 Å². The van der Waals surface area contributed by atoms with Gasteiger partial charge in [0.2, 0.25) is 10.0 Å². The summed E-state index contributed by atoms with van der Waals surface area (Å²) in [5, 5.41) is 3.75. The molecule has 0 aliphatic carbocycles. The van der Waals surface area contributed by atoms with Gasteiger partial charge in [0.25, 0.3) is 0 Å². The molecule has 29 heavy (non-hydrogen) atoms. The van der Waals surface area contributed by atoms with Crippen LogP contribution in [0.2, 0.25) is 0 Å². The summed E-state index contributed by atoms with van der Waals surface area (Å²) in [6, 6.07) is 6.38. The minimum atomic E-state index is -3.61. The Hall–Kier alpha value is -1.81. The Bertz CT molecular complexity index is 965. The lowest BCUT2D eigenvalue weighted by Gasteiger charge is -2.45. The van der Waals surface area contributed by atoms with E-state index in [1.54, 1.807) is 19.9 Å². The minimum absolute atomic E-state index is 0.160. The molecule has 0 amide bonds. The van der Waals surface area contributed by atoms with Crippen molar-refractivity contribution in [2.75, 3.05) is 26.3 Å². The Labute approximate surface area is 169 Å². The zero-order valence-electron chi connectivity index (χ0n) is 16.6. The number of ether oxygens (including phenoxy) is 2. The molecule has 1 atom stereocenters. The van der Waals surface area contributed by atoms with Gasteiger partial charge >= 0.3 is 0 Å². The van der Waals surface area contributed by atoms with Gasteiger partial charge in [0.15, 0.2) is 5.76 Å². The van der Waals surface area contributed by atoms with Crippen molar-refractivity contribution in [3.05, 3.63) is 47.1 Å². The monoisotopic (exact) mass is 424 g/mol. The largest absolute Gasteiger partial charge is 0.377 e. The van der Waals surface area contributed by atoms with Gasteiger partial charge in [0.1, 0.15) is 16.4 Å². The van der Waals surface area contributed by atoms with E-state index in [1.165, 1.54) is 16.4 Å². The molecule has 0 N–H and O–H groups in total. The second-order valence-corrected chi connectivity index (χ2v) is 9.84. The van der Waals surface area contributed by atoms with Crippen molar-refractivity contribution >= 4 is 10.0 Å². The number of benzene rings is 1. The van der Waals surface area contributed by atoms with Crippen molar-refractivity contribution in [2.45, 2.75) is 43.8 Å². The number of rotatable bonds is 7. The molecule has 1 aromatic carbocycles. The van der Waals surface area contributed by atoms with Gasteiger partial charge in [-0.2, -0.15) is 4.31 Å². The van der Waals surface area contributed by atoms with E-state index in [4.69, 9.17) is 14.0 Å². The van der Waals surface area contributed by atoms with Gasteiger partial charge in [-0.1, -0.05) is 17.3 Å². The zero-order chi connectivity index (χ0) is 20.6. The molecular weight excluding hydrogens is 399 g/mol. The Kier molecular flexibility index (Phi) is 5.50. The van der Waals surface area contributed by atoms with Crippen molar-refractivity contribution in [1.82, 2.24) is 9.46 Å². The first-order valence-electron chi connectivity index (χ1n) is 9.68. The summed E-state index contributed by atoms with van der Waals surface area (Å²) >= 11 is 0. The Morgan fingerprint density at radius 3 is 2.83 bits per heavy atom. The molecule has 9 heteroatoms. The van der Waals surface area contributed by atoms with Crippen molar-refractivity contribution in [2.24, 2.45) is 5.92 Å². The molecule has 158 valence electrons. The lowest BCUT2D eigenvalue weighted by molar-refractivity contribution is -0.0774. The summed E-state index contributed by atoms with van der Waals surface area (Å²) in [6.45, 7) is 5.46. The number of hydrogen-bond donors (Lipinski definition) is 0. The molecule has 2 aromatic rings. The first-order valence-corrected chi connectivity index (χ1v) is 11.1. The number of nitrogens with zero attached hydrogens (tertiary/aromatic N) is 2. The molecule has 2 fully saturated rings. The predicted octanol–water partition coefficient (Wildman–Crippen LogP) is 2.82. The summed E-state index contributed by atoms with van der Waals surface area (Å²) in [4.78, 5) is 0.160. The topological polar surface area (TPSA) is 81.9 Å². The van der Waals surface area contributed by atoms with Crippen LogP contribution in [0.3, 0.4) is 0 Å². The normalized spacial score (nSPS) is 21.6. The molecule has 2 aliphatic rings. The van der Waals surface area contributed by atoms with Gasteiger partial charge in [0.05, 0.1) is 18.8 Å². The molecule has 2 saturated heterocycles. The molecule has 2 aliphatic heterocycles. The van der Waals surface area contributed by atoms with Crippen LogP contribution in [0.1, 0.15) is 29.9 Å². The fourth-order valence-corrected chi connectivity index (χ4v) is 6.03. The number of sulfonamides is 1. The van der Waals surface area contributed by atoms with E-state index < -0.39 is 15.6 Å². The molecule has 7 nitrogen and oxygen atoms in total. The summed E-state index contributed by atoms with van der Waals surface area (Å²) in [5.41, 5.74) is 0.784. The predicted molar refractivity (Wildman–Crippen MR) is 102 cm³/mol. The standard InChI is InChI=1S/C20H25FN2O5S/c1-14-19(15(2)28-22-14)29(24,25)23-12-20(13-23)9-17(11-27-20)6-7-26-10-16-4-3-5-18(21)8-16/h3-5,8,17H,6-7,9-13H2,1-2H3. The fourth-order valence-electron chi connectivity index (χ4n) is 4.15. The first kappa shape index (κ1) is 20.5. The van der Waals surface area contributed by atoms with Crippen molar-refractivity contribution in [3.63, 3.8) is 0 Å². The highest BCUT2D eigenvalue weighted by atomic mass is 32.2. The van der Waals surface area contributed by atoms with Crippen LogP contribution in [0.5, 0.6) is 0 Å². The Morgan fingerprint density at radius 1 is 1.34 bits per heavy atom. The highest BCUT2D eigenvalue weighted by molar-refractivity contribution is 7.89. The van der Waals surface area contributed by atoms with Crippen LogP contribution in [0.15, 0.2) is 33.7 Å². The maximum Gasteiger partial charge on any atom is 0.248 e. The van der Waals surface area contributed by atoms with Gasteiger partial charge in [0, 0.05) is 19.7 Å². The average Bonchev–Trinajstić information content (AvgIpc) is 3.21. The lowest BCUT2D eigenvalue weighted by Crippen LogP contribution is -2.63. The Morgan fingerprint density at radius 2 is 2.14 bits per heavy atom. The van der Waals surface area contributed by atoms with E-state index in [2.05, 4.69) is 5.16 Å². The van der Waals surface area contributed by atoms with Crippen molar-refractivity contribution in [1.29, 1.82) is 0 Å². The van der Waals surface area contributed by atoms with Crippen LogP contribution in [0, 0.1) is 25.6 Å². The molecule has 3 heterocycles. The third-order valence-electron chi connectivity index (χ3n) is 5.61. The van der Waals surface area contributed by atoms with Gasteiger partial charge in [-0.25, -0.2) is 12.8 Å². The van der Waals surface area contributed by atoms with E-state index in [1.807, 2.05) is 6.07 Å². The van der Waals surface area contributed by atoms with Crippen molar-refractivity contribution < 1.29 is 26.8 Å². The number of halogens is 1. The third-order valence-corrected chi connectivity index (χ3v) is 7.65. The summed E-state index contributed by atoms with van der Waals surface area (Å²) in [6.07, 6.45) is 1.64. The lowest BCUT2D eigenvalue weighted by atomic mass is 9.88. The molecular formula is C20H25FN2O5S. The highest BCUT2D eigenvalue weighted by Gasteiger charge is 2.54.